The summed E-state index contributed by atoms with van der Waals surface area (Å²) in [6.45, 7) is 1.34. The number of H-pyrrole nitrogens is 1. The molecule has 3 nitrogen and oxygen atoms in total. The second-order valence-corrected chi connectivity index (χ2v) is 7.43. The lowest BCUT2D eigenvalue weighted by molar-refractivity contribution is 0.0773. The molecule has 0 saturated heterocycles. The van der Waals surface area contributed by atoms with Crippen LogP contribution in [0.3, 0.4) is 0 Å². The van der Waals surface area contributed by atoms with Crippen LogP contribution in [0.15, 0.2) is 59.2 Å². The number of rotatable bonds is 2. The van der Waals surface area contributed by atoms with E-state index in [1.165, 1.54) is 11.1 Å². The third-order valence-corrected chi connectivity index (χ3v) is 5.44. The van der Waals surface area contributed by atoms with Gasteiger partial charge in [-0.05, 0) is 42.3 Å². The monoisotopic (exact) mass is 414 g/mol. The standard InChI is InChI=1S/C20H16BrClN2O/c21-15-6-4-14(5-7-15)20(25)24-10-8-13(9-11-24)17-12-23-19-16(17)2-1-3-18(19)22/h1-8,12,23H,9-11H2. The van der Waals surface area contributed by atoms with E-state index in [1.807, 2.05) is 47.5 Å². The van der Waals surface area contributed by atoms with Crippen molar-refractivity contribution in [3.8, 4) is 0 Å². The molecule has 1 aliphatic heterocycles. The van der Waals surface area contributed by atoms with E-state index in [2.05, 4.69) is 33.1 Å². The zero-order valence-corrected chi connectivity index (χ0v) is 15.8. The van der Waals surface area contributed by atoms with Crippen LogP contribution in [-0.4, -0.2) is 28.9 Å². The molecule has 2 heterocycles. The van der Waals surface area contributed by atoms with Crippen molar-refractivity contribution in [1.29, 1.82) is 0 Å². The van der Waals surface area contributed by atoms with Gasteiger partial charge in [-0.1, -0.05) is 45.7 Å². The maximum atomic E-state index is 12.6. The predicted molar refractivity (Wildman–Crippen MR) is 106 cm³/mol. The van der Waals surface area contributed by atoms with Crippen molar-refractivity contribution < 1.29 is 4.79 Å². The molecule has 0 spiro atoms. The summed E-state index contributed by atoms with van der Waals surface area (Å²) in [5, 5.41) is 1.86. The number of aromatic nitrogens is 1. The second kappa shape index (κ2) is 6.70. The zero-order valence-electron chi connectivity index (χ0n) is 13.4. The molecule has 0 bridgehead atoms. The largest absolute Gasteiger partial charge is 0.359 e. The third kappa shape index (κ3) is 3.12. The number of hydrogen-bond donors (Lipinski definition) is 1. The number of para-hydroxylation sites is 1. The lowest BCUT2D eigenvalue weighted by atomic mass is 9.98. The summed E-state index contributed by atoms with van der Waals surface area (Å²) in [5.41, 5.74) is 4.12. The van der Waals surface area contributed by atoms with E-state index >= 15 is 0 Å². The number of fused-ring (bicyclic) bond motifs is 1. The van der Waals surface area contributed by atoms with Gasteiger partial charge in [-0.15, -0.1) is 0 Å². The molecule has 1 aliphatic rings. The van der Waals surface area contributed by atoms with Crippen LogP contribution in [0.25, 0.3) is 16.5 Å². The number of nitrogens with one attached hydrogen (secondary N) is 1. The highest BCUT2D eigenvalue weighted by Gasteiger charge is 2.20. The van der Waals surface area contributed by atoms with Crippen molar-refractivity contribution in [2.75, 3.05) is 13.1 Å². The Morgan fingerprint density at radius 3 is 2.68 bits per heavy atom. The van der Waals surface area contributed by atoms with Crippen LogP contribution in [0.1, 0.15) is 22.3 Å². The zero-order chi connectivity index (χ0) is 17.4. The molecule has 0 saturated carbocycles. The van der Waals surface area contributed by atoms with E-state index in [0.29, 0.717) is 13.1 Å². The van der Waals surface area contributed by atoms with Gasteiger partial charge >= 0.3 is 0 Å². The first-order valence-corrected chi connectivity index (χ1v) is 9.30. The fraction of sp³-hybridized carbons (Fsp3) is 0.150. The molecule has 4 rings (SSSR count). The quantitative estimate of drug-likeness (QED) is 0.588. The first-order chi connectivity index (χ1) is 12.1. The number of aromatic amines is 1. The summed E-state index contributed by atoms with van der Waals surface area (Å²) in [7, 11) is 0. The van der Waals surface area contributed by atoms with Gasteiger partial charge < -0.3 is 9.88 Å². The molecule has 126 valence electrons. The summed E-state index contributed by atoms with van der Waals surface area (Å²) in [6, 6.07) is 13.4. The molecular weight excluding hydrogens is 400 g/mol. The number of hydrogen-bond acceptors (Lipinski definition) is 1. The van der Waals surface area contributed by atoms with Crippen LogP contribution >= 0.6 is 27.5 Å². The third-order valence-electron chi connectivity index (χ3n) is 4.60. The Morgan fingerprint density at radius 2 is 1.96 bits per heavy atom. The number of carbonyl (C=O) groups is 1. The van der Waals surface area contributed by atoms with E-state index in [0.717, 1.165) is 32.4 Å². The van der Waals surface area contributed by atoms with Gasteiger partial charge in [0, 0.05) is 40.3 Å². The van der Waals surface area contributed by atoms with E-state index in [4.69, 9.17) is 11.6 Å². The topological polar surface area (TPSA) is 36.1 Å². The van der Waals surface area contributed by atoms with Crippen LogP contribution in [0.2, 0.25) is 5.02 Å². The highest BCUT2D eigenvalue weighted by atomic mass is 79.9. The minimum Gasteiger partial charge on any atom is -0.359 e. The minimum absolute atomic E-state index is 0.0739. The lowest BCUT2D eigenvalue weighted by Crippen LogP contribution is -2.34. The van der Waals surface area contributed by atoms with Crippen molar-refractivity contribution in [1.82, 2.24) is 9.88 Å². The average molecular weight is 416 g/mol. The summed E-state index contributed by atoms with van der Waals surface area (Å²) in [4.78, 5) is 17.8. The number of nitrogens with zero attached hydrogens (tertiary/aromatic N) is 1. The Morgan fingerprint density at radius 1 is 1.16 bits per heavy atom. The Labute approximate surface area is 159 Å². The van der Waals surface area contributed by atoms with Crippen molar-refractivity contribution in [2.24, 2.45) is 0 Å². The molecule has 0 unspecified atom stereocenters. The highest BCUT2D eigenvalue weighted by molar-refractivity contribution is 9.10. The molecule has 25 heavy (non-hydrogen) atoms. The van der Waals surface area contributed by atoms with Crippen molar-refractivity contribution in [3.05, 3.63) is 75.4 Å². The number of benzene rings is 2. The molecule has 1 N–H and O–H groups in total. The maximum absolute atomic E-state index is 12.6. The number of amides is 1. The van der Waals surface area contributed by atoms with Gasteiger partial charge in [0.15, 0.2) is 0 Å². The SMILES string of the molecule is O=C(c1ccc(Br)cc1)N1CC=C(c2c[nH]c3c(Cl)cccc23)CC1. The smallest absolute Gasteiger partial charge is 0.254 e. The predicted octanol–water partition coefficient (Wildman–Crippen LogP) is 5.51. The Balaban J connectivity index is 1.56. The summed E-state index contributed by atoms with van der Waals surface area (Å²) < 4.78 is 0.975. The molecule has 3 aromatic rings. The van der Waals surface area contributed by atoms with Crippen molar-refractivity contribution >= 4 is 49.9 Å². The average Bonchev–Trinajstić information content (AvgIpc) is 3.07. The van der Waals surface area contributed by atoms with E-state index in [-0.39, 0.29) is 5.91 Å². The number of halogens is 2. The van der Waals surface area contributed by atoms with Gasteiger partial charge in [-0.3, -0.25) is 4.79 Å². The lowest BCUT2D eigenvalue weighted by Gasteiger charge is -2.26. The summed E-state index contributed by atoms with van der Waals surface area (Å²) in [6.07, 6.45) is 4.99. The van der Waals surface area contributed by atoms with Gasteiger partial charge in [0.05, 0.1) is 10.5 Å². The fourth-order valence-corrected chi connectivity index (χ4v) is 3.75. The molecule has 0 atom stereocenters. The van der Waals surface area contributed by atoms with Crippen LogP contribution < -0.4 is 0 Å². The molecular formula is C20H16BrClN2O. The van der Waals surface area contributed by atoms with Crippen LogP contribution in [0.5, 0.6) is 0 Å². The first kappa shape index (κ1) is 16.4. The maximum Gasteiger partial charge on any atom is 0.254 e. The van der Waals surface area contributed by atoms with E-state index in [1.54, 1.807) is 0 Å². The van der Waals surface area contributed by atoms with Crippen molar-refractivity contribution in [2.45, 2.75) is 6.42 Å². The van der Waals surface area contributed by atoms with Gasteiger partial charge in [-0.25, -0.2) is 0 Å². The Bertz CT molecular complexity index is 975. The molecule has 0 radical (unpaired) electrons. The number of carbonyl (C=O) groups excluding carboxylic acids is 1. The van der Waals surface area contributed by atoms with Gasteiger partial charge in [0.2, 0.25) is 0 Å². The second-order valence-electron chi connectivity index (χ2n) is 6.10. The Kier molecular flexibility index (Phi) is 4.40. The van der Waals surface area contributed by atoms with E-state index < -0.39 is 0 Å². The normalized spacial score (nSPS) is 14.6. The molecule has 0 fully saturated rings. The molecule has 1 amide bonds. The van der Waals surface area contributed by atoms with Gasteiger partial charge in [0.25, 0.3) is 5.91 Å². The van der Waals surface area contributed by atoms with Gasteiger partial charge in [-0.2, -0.15) is 0 Å². The van der Waals surface area contributed by atoms with Crippen molar-refractivity contribution in [3.63, 3.8) is 0 Å². The summed E-state index contributed by atoms with van der Waals surface area (Å²) >= 11 is 9.64. The Hall–Kier alpha value is -2.04. The van der Waals surface area contributed by atoms with Crippen LogP contribution in [-0.2, 0) is 0 Å². The highest BCUT2D eigenvalue weighted by Crippen LogP contribution is 2.32. The van der Waals surface area contributed by atoms with E-state index in [9.17, 15) is 4.79 Å². The van der Waals surface area contributed by atoms with Crippen LogP contribution in [0, 0.1) is 0 Å². The first-order valence-electron chi connectivity index (χ1n) is 8.13. The molecule has 0 aliphatic carbocycles. The van der Waals surface area contributed by atoms with Gasteiger partial charge in [0.1, 0.15) is 0 Å². The van der Waals surface area contributed by atoms with Crippen LogP contribution in [0.4, 0.5) is 0 Å². The minimum atomic E-state index is 0.0739. The molecule has 5 heteroatoms. The molecule has 1 aromatic heterocycles. The summed E-state index contributed by atoms with van der Waals surface area (Å²) in [5.74, 6) is 0.0739. The fourth-order valence-electron chi connectivity index (χ4n) is 3.26. The molecule has 2 aromatic carbocycles.